The first-order valence-electron chi connectivity index (χ1n) is 8.71. The quantitative estimate of drug-likeness (QED) is 0.763. The minimum atomic E-state index is 0.0855. The third-order valence-corrected chi connectivity index (χ3v) is 5.62. The van der Waals surface area contributed by atoms with Crippen LogP contribution in [0.1, 0.15) is 18.4 Å². The molecule has 2 aromatic carbocycles. The Labute approximate surface area is 151 Å². The van der Waals surface area contributed by atoms with E-state index in [1.54, 1.807) is 11.3 Å². The molecule has 0 aliphatic carbocycles. The third kappa shape index (κ3) is 3.51. The number of hydrogen-bond acceptors (Lipinski definition) is 4. The van der Waals surface area contributed by atoms with Gasteiger partial charge in [-0.05, 0) is 29.2 Å². The van der Waals surface area contributed by atoms with Crippen molar-refractivity contribution in [2.24, 2.45) is 0 Å². The predicted octanol–water partition coefficient (Wildman–Crippen LogP) is 3.62. The van der Waals surface area contributed by atoms with Gasteiger partial charge in [0.2, 0.25) is 5.91 Å². The van der Waals surface area contributed by atoms with Crippen LogP contribution in [0.3, 0.4) is 0 Å². The largest absolute Gasteiger partial charge is 0.354 e. The summed E-state index contributed by atoms with van der Waals surface area (Å²) < 4.78 is 0. The van der Waals surface area contributed by atoms with Gasteiger partial charge in [-0.1, -0.05) is 42.5 Å². The average molecular weight is 351 g/mol. The number of anilines is 1. The Morgan fingerprint density at radius 3 is 3.00 bits per heavy atom. The number of nitrogens with zero attached hydrogens (tertiary/aromatic N) is 2. The maximum absolute atomic E-state index is 12.5. The molecule has 1 fully saturated rings. The highest BCUT2D eigenvalue weighted by Gasteiger charge is 2.26. The predicted molar refractivity (Wildman–Crippen MR) is 103 cm³/mol. The van der Waals surface area contributed by atoms with Gasteiger partial charge in [-0.3, -0.25) is 4.79 Å². The molecule has 1 aliphatic rings. The summed E-state index contributed by atoms with van der Waals surface area (Å²) in [5.41, 5.74) is 1.08. The van der Waals surface area contributed by atoms with Crippen LogP contribution in [0.25, 0.3) is 10.8 Å². The van der Waals surface area contributed by atoms with Crippen LogP contribution in [0, 0.1) is 0 Å². The van der Waals surface area contributed by atoms with Gasteiger partial charge in [-0.15, -0.1) is 11.3 Å². The molecule has 4 rings (SSSR count). The summed E-state index contributed by atoms with van der Waals surface area (Å²) in [4.78, 5) is 19.2. The van der Waals surface area contributed by atoms with Crippen molar-refractivity contribution in [3.63, 3.8) is 0 Å². The van der Waals surface area contributed by atoms with E-state index in [1.165, 1.54) is 5.39 Å². The van der Waals surface area contributed by atoms with Crippen LogP contribution in [-0.4, -0.2) is 30.0 Å². The zero-order valence-electron chi connectivity index (χ0n) is 14.0. The van der Waals surface area contributed by atoms with Crippen molar-refractivity contribution in [2.45, 2.75) is 25.3 Å². The van der Waals surface area contributed by atoms with Crippen molar-refractivity contribution in [1.82, 2.24) is 10.3 Å². The highest BCUT2D eigenvalue weighted by molar-refractivity contribution is 7.13. The molecule has 2 heterocycles. The second kappa shape index (κ2) is 7.23. The lowest BCUT2D eigenvalue weighted by Gasteiger charge is -2.24. The first kappa shape index (κ1) is 16.1. The van der Waals surface area contributed by atoms with E-state index in [9.17, 15) is 4.79 Å². The van der Waals surface area contributed by atoms with Gasteiger partial charge in [-0.25, -0.2) is 4.98 Å². The van der Waals surface area contributed by atoms with E-state index in [2.05, 4.69) is 33.4 Å². The van der Waals surface area contributed by atoms with Gasteiger partial charge < -0.3 is 10.2 Å². The highest BCUT2D eigenvalue weighted by Crippen LogP contribution is 2.26. The standard InChI is InChI=1S/C20H21N3OS/c24-19(13-16-7-3-6-15-5-1-2-9-18(15)16)22-14-17-8-4-11-23(17)20-21-10-12-25-20/h1-3,5-7,9-10,12,17H,4,8,11,13-14H2,(H,22,24). The number of rotatable bonds is 5. The lowest BCUT2D eigenvalue weighted by atomic mass is 10.0. The maximum atomic E-state index is 12.5. The van der Waals surface area contributed by atoms with Crippen LogP contribution in [0.4, 0.5) is 5.13 Å². The van der Waals surface area contributed by atoms with Crippen LogP contribution in [0.5, 0.6) is 0 Å². The topological polar surface area (TPSA) is 45.2 Å². The summed E-state index contributed by atoms with van der Waals surface area (Å²) in [6, 6.07) is 14.7. The molecule has 1 aliphatic heterocycles. The molecule has 4 nitrogen and oxygen atoms in total. The first-order chi connectivity index (χ1) is 12.3. The number of benzene rings is 2. The molecule has 1 N–H and O–H groups in total. The fourth-order valence-corrected chi connectivity index (χ4v) is 4.31. The van der Waals surface area contributed by atoms with Crippen molar-refractivity contribution in [3.05, 3.63) is 59.6 Å². The number of nitrogens with one attached hydrogen (secondary N) is 1. The number of carbonyl (C=O) groups excluding carboxylic acids is 1. The van der Waals surface area contributed by atoms with Crippen LogP contribution >= 0.6 is 11.3 Å². The Hall–Kier alpha value is -2.40. The average Bonchev–Trinajstić information content (AvgIpc) is 3.31. The number of aromatic nitrogens is 1. The van der Waals surface area contributed by atoms with E-state index in [-0.39, 0.29) is 5.91 Å². The van der Waals surface area contributed by atoms with Gasteiger partial charge in [0.15, 0.2) is 5.13 Å². The van der Waals surface area contributed by atoms with Crippen LogP contribution in [-0.2, 0) is 11.2 Å². The molecule has 0 radical (unpaired) electrons. The van der Waals surface area contributed by atoms with Gasteiger partial charge in [0.25, 0.3) is 0 Å². The van der Waals surface area contributed by atoms with Crippen LogP contribution in [0.2, 0.25) is 0 Å². The zero-order chi connectivity index (χ0) is 17.1. The summed E-state index contributed by atoms with van der Waals surface area (Å²) in [5.74, 6) is 0.0855. The summed E-state index contributed by atoms with van der Waals surface area (Å²) in [6.45, 7) is 1.71. The fourth-order valence-electron chi connectivity index (χ4n) is 3.57. The van der Waals surface area contributed by atoms with Gasteiger partial charge >= 0.3 is 0 Å². The van der Waals surface area contributed by atoms with Crippen LogP contribution in [0.15, 0.2) is 54.0 Å². The highest BCUT2D eigenvalue weighted by atomic mass is 32.1. The van der Waals surface area contributed by atoms with Crippen molar-refractivity contribution >= 4 is 33.1 Å². The second-order valence-electron chi connectivity index (χ2n) is 6.42. The fraction of sp³-hybridized carbons (Fsp3) is 0.300. The minimum absolute atomic E-state index is 0.0855. The van der Waals surface area contributed by atoms with Crippen molar-refractivity contribution in [2.75, 3.05) is 18.0 Å². The number of carbonyl (C=O) groups is 1. The lowest BCUT2D eigenvalue weighted by Crippen LogP contribution is -2.40. The van der Waals surface area contributed by atoms with E-state index in [1.807, 2.05) is 35.8 Å². The van der Waals surface area contributed by atoms with Crippen molar-refractivity contribution in [1.29, 1.82) is 0 Å². The summed E-state index contributed by atoms with van der Waals surface area (Å²) >= 11 is 1.66. The molecule has 1 atom stereocenters. The number of fused-ring (bicyclic) bond motifs is 1. The third-order valence-electron chi connectivity index (χ3n) is 4.81. The Bertz CT molecular complexity index is 857. The molecule has 1 unspecified atom stereocenters. The van der Waals surface area contributed by atoms with E-state index >= 15 is 0 Å². The van der Waals surface area contributed by atoms with E-state index in [0.29, 0.717) is 19.0 Å². The second-order valence-corrected chi connectivity index (χ2v) is 7.30. The monoisotopic (exact) mass is 351 g/mol. The van der Waals surface area contributed by atoms with E-state index in [4.69, 9.17) is 0 Å². The Balaban J connectivity index is 1.39. The summed E-state index contributed by atoms with van der Waals surface area (Å²) in [7, 11) is 0. The van der Waals surface area contributed by atoms with Gasteiger partial charge in [0.05, 0.1) is 6.42 Å². The minimum Gasteiger partial charge on any atom is -0.354 e. The molecule has 128 valence electrons. The SMILES string of the molecule is O=C(Cc1cccc2ccccc12)NCC1CCCN1c1nccs1. The first-order valence-corrected chi connectivity index (χ1v) is 9.59. The van der Waals surface area contributed by atoms with Crippen molar-refractivity contribution in [3.8, 4) is 0 Å². The molecular weight excluding hydrogens is 330 g/mol. The Kier molecular flexibility index (Phi) is 4.65. The Morgan fingerprint density at radius 1 is 1.24 bits per heavy atom. The van der Waals surface area contributed by atoms with Crippen LogP contribution < -0.4 is 10.2 Å². The molecule has 0 spiro atoms. The van der Waals surface area contributed by atoms with E-state index in [0.717, 1.165) is 35.5 Å². The molecule has 0 saturated carbocycles. The molecule has 3 aromatic rings. The maximum Gasteiger partial charge on any atom is 0.224 e. The van der Waals surface area contributed by atoms with Gasteiger partial charge in [-0.2, -0.15) is 0 Å². The number of amides is 1. The van der Waals surface area contributed by atoms with E-state index < -0.39 is 0 Å². The molecular formula is C20H21N3OS. The summed E-state index contributed by atoms with van der Waals surface area (Å²) in [5, 5.41) is 8.53. The Morgan fingerprint density at radius 2 is 2.12 bits per heavy atom. The van der Waals surface area contributed by atoms with Gasteiger partial charge in [0.1, 0.15) is 0 Å². The smallest absolute Gasteiger partial charge is 0.224 e. The zero-order valence-corrected chi connectivity index (χ0v) is 14.8. The number of thiazole rings is 1. The van der Waals surface area contributed by atoms with Gasteiger partial charge in [0, 0.05) is 30.7 Å². The lowest BCUT2D eigenvalue weighted by molar-refractivity contribution is -0.120. The summed E-state index contributed by atoms with van der Waals surface area (Å²) in [6.07, 6.45) is 4.53. The van der Waals surface area contributed by atoms with Crippen molar-refractivity contribution < 1.29 is 4.79 Å². The molecule has 25 heavy (non-hydrogen) atoms. The number of hydrogen-bond donors (Lipinski definition) is 1. The normalized spacial score (nSPS) is 17.1. The molecule has 5 heteroatoms. The molecule has 1 aromatic heterocycles. The molecule has 1 saturated heterocycles. The molecule has 0 bridgehead atoms. The molecule has 1 amide bonds.